The molecule has 2 heteroatoms. The molecule has 1 heterocycles. The molecule has 0 saturated heterocycles. The Hall–Kier alpha value is -7.42. The Labute approximate surface area is 362 Å². The molecule has 0 unspecified atom stereocenters. The first kappa shape index (κ1) is 36.4. The van der Waals surface area contributed by atoms with Crippen LogP contribution in [0.15, 0.2) is 211 Å². The van der Waals surface area contributed by atoms with Gasteiger partial charge in [0.1, 0.15) is 11.2 Å². The highest BCUT2D eigenvalue weighted by Crippen LogP contribution is 2.49. The molecule has 0 aliphatic heterocycles. The number of hydrogen-bond acceptors (Lipinski definition) is 2. The minimum atomic E-state index is 0.567. The Kier molecular flexibility index (Phi) is 8.96. The van der Waals surface area contributed by atoms with Gasteiger partial charge >= 0.3 is 0 Å². The molecule has 1 aliphatic rings. The minimum Gasteiger partial charge on any atom is -0.455 e. The third kappa shape index (κ3) is 6.09. The Bertz CT molecular complexity index is 3470. The first-order valence-corrected chi connectivity index (χ1v) is 22.2. The molecule has 0 atom stereocenters. The van der Waals surface area contributed by atoms with Crippen LogP contribution in [0.2, 0.25) is 0 Å². The number of anilines is 3. The number of rotatable bonds is 7. The van der Waals surface area contributed by atoms with Crippen molar-refractivity contribution in [2.45, 2.75) is 38.0 Å². The van der Waals surface area contributed by atoms with Gasteiger partial charge in [-0.2, -0.15) is 0 Å². The fraction of sp³-hybridized carbons (Fsp3) is 0.100. The van der Waals surface area contributed by atoms with Crippen LogP contribution >= 0.6 is 0 Å². The predicted octanol–water partition coefficient (Wildman–Crippen LogP) is 17.6. The van der Waals surface area contributed by atoms with Gasteiger partial charge in [0.15, 0.2) is 0 Å². The van der Waals surface area contributed by atoms with Gasteiger partial charge in [0, 0.05) is 33.2 Å². The zero-order chi connectivity index (χ0) is 41.0. The second-order valence-electron chi connectivity index (χ2n) is 17.0. The van der Waals surface area contributed by atoms with E-state index < -0.39 is 0 Å². The van der Waals surface area contributed by atoms with E-state index in [1.165, 1.54) is 92.2 Å². The third-order valence-corrected chi connectivity index (χ3v) is 13.5. The largest absolute Gasteiger partial charge is 0.455 e. The van der Waals surface area contributed by atoms with Crippen molar-refractivity contribution < 1.29 is 4.42 Å². The summed E-state index contributed by atoms with van der Waals surface area (Å²) in [6.45, 7) is 0. The van der Waals surface area contributed by atoms with Crippen molar-refractivity contribution in [3.63, 3.8) is 0 Å². The molecule has 0 spiro atoms. The topological polar surface area (TPSA) is 16.4 Å². The summed E-state index contributed by atoms with van der Waals surface area (Å²) in [5, 5.41) is 9.96. The molecule has 62 heavy (non-hydrogen) atoms. The Morgan fingerprint density at radius 3 is 1.82 bits per heavy atom. The summed E-state index contributed by atoms with van der Waals surface area (Å²) in [5.41, 5.74) is 13.7. The molecule has 1 fully saturated rings. The maximum atomic E-state index is 6.62. The summed E-state index contributed by atoms with van der Waals surface area (Å²) in [7, 11) is 0. The third-order valence-electron chi connectivity index (χ3n) is 13.5. The summed E-state index contributed by atoms with van der Waals surface area (Å²) in [5.74, 6) is 0.567. The fourth-order valence-corrected chi connectivity index (χ4v) is 10.6. The van der Waals surface area contributed by atoms with Crippen LogP contribution in [-0.4, -0.2) is 0 Å². The molecule has 2 nitrogen and oxygen atoms in total. The van der Waals surface area contributed by atoms with Crippen LogP contribution in [0, 0.1) is 0 Å². The van der Waals surface area contributed by atoms with Gasteiger partial charge in [-0.3, -0.25) is 0 Å². The standard InChI is InChI=1S/C60H45NO/c1-2-17-40(18-3-1)46-28-13-20-42-21-14-32-54(59(42)46)52-26-7-10-35-57(52)61(44-23-12-22-43(39-44)47-29-15-33-55-53-27-8-11-36-58(53)62-60(47)55)56-34-9-6-25-51(56)49-31-16-30-48-45-24-5-4-19-41(45)37-38-50(48)49/h4-16,19-40H,1-3,17-18H2. The van der Waals surface area contributed by atoms with E-state index in [2.05, 4.69) is 205 Å². The average Bonchev–Trinajstić information content (AvgIpc) is 3.73. The summed E-state index contributed by atoms with van der Waals surface area (Å²) < 4.78 is 6.62. The van der Waals surface area contributed by atoms with E-state index in [0.29, 0.717) is 5.92 Å². The maximum Gasteiger partial charge on any atom is 0.143 e. The second-order valence-corrected chi connectivity index (χ2v) is 17.0. The monoisotopic (exact) mass is 795 g/mol. The van der Waals surface area contributed by atoms with Crippen molar-refractivity contribution in [1.29, 1.82) is 0 Å². The lowest BCUT2D eigenvalue weighted by Crippen LogP contribution is -2.13. The fourth-order valence-electron chi connectivity index (χ4n) is 10.6. The molecule has 1 aliphatic carbocycles. The number of para-hydroxylation sites is 4. The van der Waals surface area contributed by atoms with Crippen molar-refractivity contribution in [3.8, 4) is 33.4 Å². The summed E-state index contributed by atoms with van der Waals surface area (Å²) >= 11 is 0. The molecule has 12 rings (SSSR count). The van der Waals surface area contributed by atoms with Gasteiger partial charge in [0.05, 0.1) is 11.4 Å². The van der Waals surface area contributed by atoms with E-state index in [9.17, 15) is 0 Å². The minimum absolute atomic E-state index is 0.567. The molecular formula is C60H45NO. The van der Waals surface area contributed by atoms with Gasteiger partial charge in [0.2, 0.25) is 0 Å². The zero-order valence-electron chi connectivity index (χ0n) is 34.6. The summed E-state index contributed by atoms with van der Waals surface area (Å²) in [4.78, 5) is 2.51. The number of furan rings is 1. The highest BCUT2D eigenvalue weighted by molar-refractivity contribution is 6.14. The lowest BCUT2D eigenvalue weighted by Gasteiger charge is -2.31. The highest BCUT2D eigenvalue weighted by Gasteiger charge is 2.25. The number of benzene rings is 10. The molecule has 0 radical (unpaired) electrons. The summed E-state index contributed by atoms with van der Waals surface area (Å²) in [6, 6.07) is 75.9. The molecule has 10 aromatic carbocycles. The predicted molar refractivity (Wildman–Crippen MR) is 263 cm³/mol. The van der Waals surface area contributed by atoms with E-state index >= 15 is 0 Å². The van der Waals surface area contributed by atoms with Crippen molar-refractivity contribution in [1.82, 2.24) is 0 Å². The van der Waals surface area contributed by atoms with Crippen LogP contribution in [0.3, 0.4) is 0 Å². The Morgan fingerprint density at radius 1 is 0.387 bits per heavy atom. The number of fused-ring (bicyclic) bond motifs is 7. The van der Waals surface area contributed by atoms with Gasteiger partial charge in [-0.1, -0.05) is 195 Å². The molecule has 11 aromatic rings. The molecule has 1 saturated carbocycles. The van der Waals surface area contributed by atoms with Crippen LogP contribution in [0.5, 0.6) is 0 Å². The SMILES string of the molecule is c1cc(-c2cccc3c2oc2ccccc23)cc(N(c2ccccc2-c2cccc3c2ccc2ccccc23)c2ccccc2-c2cccc3cccc(C4CCCCC4)c23)c1. The lowest BCUT2D eigenvalue weighted by molar-refractivity contribution is 0.445. The second kappa shape index (κ2) is 15.2. The van der Waals surface area contributed by atoms with Gasteiger partial charge < -0.3 is 9.32 Å². The number of nitrogens with zero attached hydrogens (tertiary/aromatic N) is 1. The molecule has 1 aromatic heterocycles. The van der Waals surface area contributed by atoms with E-state index in [4.69, 9.17) is 4.42 Å². The van der Waals surface area contributed by atoms with Crippen LogP contribution < -0.4 is 4.90 Å². The van der Waals surface area contributed by atoms with Crippen LogP contribution in [0.4, 0.5) is 17.1 Å². The van der Waals surface area contributed by atoms with E-state index in [1.54, 1.807) is 0 Å². The van der Waals surface area contributed by atoms with Crippen LogP contribution in [0.1, 0.15) is 43.6 Å². The van der Waals surface area contributed by atoms with Gasteiger partial charge in [-0.15, -0.1) is 0 Å². The highest BCUT2D eigenvalue weighted by atomic mass is 16.3. The zero-order valence-corrected chi connectivity index (χ0v) is 34.6. The quantitative estimate of drug-likeness (QED) is 0.149. The van der Waals surface area contributed by atoms with Gasteiger partial charge in [-0.05, 0) is 104 Å². The first-order chi connectivity index (χ1) is 30.8. The smallest absolute Gasteiger partial charge is 0.143 e. The molecule has 0 bridgehead atoms. The normalized spacial score (nSPS) is 13.4. The molecule has 0 amide bonds. The molecular weight excluding hydrogens is 751 g/mol. The van der Waals surface area contributed by atoms with E-state index in [-0.39, 0.29) is 0 Å². The van der Waals surface area contributed by atoms with Gasteiger partial charge in [-0.25, -0.2) is 0 Å². The van der Waals surface area contributed by atoms with Crippen LogP contribution in [-0.2, 0) is 0 Å². The maximum absolute atomic E-state index is 6.62. The van der Waals surface area contributed by atoms with Crippen LogP contribution in [0.25, 0.3) is 87.6 Å². The van der Waals surface area contributed by atoms with E-state index in [0.717, 1.165) is 50.1 Å². The average molecular weight is 796 g/mol. The number of hydrogen-bond donors (Lipinski definition) is 0. The molecule has 0 N–H and O–H groups in total. The van der Waals surface area contributed by atoms with Crippen molar-refractivity contribution in [2.75, 3.05) is 4.90 Å². The lowest BCUT2D eigenvalue weighted by atomic mass is 9.80. The van der Waals surface area contributed by atoms with Crippen molar-refractivity contribution >= 4 is 71.3 Å². The summed E-state index contributed by atoms with van der Waals surface area (Å²) in [6.07, 6.45) is 6.43. The van der Waals surface area contributed by atoms with Crippen molar-refractivity contribution in [3.05, 3.63) is 212 Å². The van der Waals surface area contributed by atoms with Crippen molar-refractivity contribution in [2.24, 2.45) is 0 Å². The molecule has 296 valence electrons. The first-order valence-electron chi connectivity index (χ1n) is 22.2. The van der Waals surface area contributed by atoms with Gasteiger partial charge in [0.25, 0.3) is 0 Å². The van der Waals surface area contributed by atoms with E-state index in [1.807, 2.05) is 6.07 Å². The Balaban J connectivity index is 1.12. The Morgan fingerprint density at radius 2 is 0.984 bits per heavy atom.